The number of thioether (sulfide) groups is 1. The van der Waals surface area contributed by atoms with E-state index < -0.39 is 0 Å². The molecule has 0 saturated carbocycles. The molecule has 0 aliphatic carbocycles. The molecule has 1 aromatic heterocycles. The van der Waals surface area contributed by atoms with Crippen LogP contribution < -0.4 is 5.32 Å². The average molecular weight is 250 g/mol. The number of nitrogens with one attached hydrogen (secondary N) is 1. The highest BCUT2D eigenvalue weighted by molar-refractivity contribution is 7.98. The third kappa shape index (κ3) is 4.75. The molecule has 1 aromatic rings. The molecule has 1 N–H and O–H groups in total. The van der Waals surface area contributed by atoms with Crippen LogP contribution >= 0.6 is 23.4 Å². The largest absolute Gasteiger partial charge is 0.408 e. The van der Waals surface area contributed by atoms with E-state index in [-0.39, 0.29) is 0 Å². The molecule has 1 rings (SSSR count). The molecule has 0 saturated heterocycles. The molecule has 0 aliphatic heterocycles. The number of nitrogens with zero attached hydrogens (tertiary/aromatic N) is 2. The summed E-state index contributed by atoms with van der Waals surface area (Å²) in [4.78, 5) is 0. The highest BCUT2D eigenvalue weighted by atomic mass is 35.5. The van der Waals surface area contributed by atoms with E-state index in [0.29, 0.717) is 30.2 Å². The Morgan fingerprint density at radius 1 is 1.53 bits per heavy atom. The third-order valence-electron chi connectivity index (χ3n) is 1.90. The van der Waals surface area contributed by atoms with Crippen LogP contribution in [0, 0.1) is 0 Å². The molecule has 6 heteroatoms. The summed E-state index contributed by atoms with van der Waals surface area (Å²) in [7, 11) is 0. The minimum Gasteiger partial charge on any atom is -0.408 e. The molecule has 86 valence electrons. The highest BCUT2D eigenvalue weighted by Crippen LogP contribution is 2.10. The predicted octanol–water partition coefficient (Wildman–Crippen LogP) is 2.40. The summed E-state index contributed by atoms with van der Waals surface area (Å²) in [5.41, 5.74) is 0. The first kappa shape index (κ1) is 12.6. The molecule has 0 amide bonds. The van der Waals surface area contributed by atoms with E-state index in [4.69, 9.17) is 16.0 Å². The maximum atomic E-state index is 5.57. The second-order valence-electron chi connectivity index (χ2n) is 3.27. The first-order valence-corrected chi connectivity index (χ1v) is 6.83. The molecule has 0 fully saturated rings. The van der Waals surface area contributed by atoms with Crippen LogP contribution in [0.2, 0.25) is 0 Å². The SMILES string of the molecule is CSCCC(C)Nc1nnc(CCCl)o1. The lowest BCUT2D eigenvalue weighted by atomic mass is 10.3. The molecule has 15 heavy (non-hydrogen) atoms. The Morgan fingerprint density at radius 3 is 3.00 bits per heavy atom. The molecule has 0 aliphatic rings. The van der Waals surface area contributed by atoms with Crippen molar-refractivity contribution in [3.8, 4) is 0 Å². The van der Waals surface area contributed by atoms with E-state index in [1.807, 2.05) is 11.8 Å². The molecular formula is C9H16ClN3OS. The van der Waals surface area contributed by atoms with Crippen molar-refractivity contribution < 1.29 is 4.42 Å². The van der Waals surface area contributed by atoms with Crippen molar-refractivity contribution in [3.63, 3.8) is 0 Å². The second-order valence-corrected chi connectivity index (χ2v) is 4.63. The molecule has 1 heterocycles. The molecule has 1 unspecified atom stereocenters. The van der Waals surface area contributed by atoms with Gasteiger partial charge in [-0.05, 0) is 25.4 Å². The third-order valence-corrected chi connectivity index (χ3v) is 2.73. The Kier molecular flexibility index (Phi) is 5.86. The molecule has 1 atom stereocenters. The number of anilines is 1. The Balaban J connectivity index is 2.35. The van der Waals surface area contributed by atoms with Crippen LogP contribution in [0.1, 0.15) is 19.2 Å². The van der Waals surface area contributed by atoms with Gasteiger partial charge in [-0.3, -0.25) is 0 Å². The van der Waals surface area contributed by atoms with Crippen LogP contribution in [0.5, 0.6) is 0 Å². The van der Waals surface area contributed by atoms with Crippen molar-refractivity contribution >= 4 is 29.4 Å². The normalized spacial score (nSPS) is 12.7. The number of aromatic nitrogens is 2. The fraction of sp³-hybridized carbons (Fsp3) is 0.778. The number of halogens is 1. The fourth-order valence-electron chi connectivity index (χ4n) is 1.07. The zero-order valence-corrected chi connectivity index (χ0v) is 10.6. The lowest BCUT2D eigenvalue weighted by Crippen LogP contribution is -2.16. The smallest absolute Gasteiger partial charge is 0.315 e. The van der Waals surface area contributed by atoms with E-state index in [1.54, 1.807) is 0 Å². The maximum absolute atomic E-state index is 5.57. The number of rotatable bonds is 7. The van der Waals surface area contributed by atoms with Crippen molar-refractivity contribution in [3.05, 3.63) is 5.89 Å². The number of aryl methyl sites for hydroxylation is 1. The minimum absolute atomic E-state index is 0.349. The van der Waals surface area contributed by atoms with E-state index in [0.717, 1.165) is 12.2 Å². The van der Waals surface area contributed by atoms with E-state index in [9.17, 15) is 0 Å². The van der Waals surface area contributed by atoms with Gasteiger partial charge in [0, 0.05) is 18.3 Å². The molecule has 0 bridgehead atoms. The number of alkyl halides is 1. The van der Waals surface area contributed by atoms with Crippen LogP contribution in [0.3, 0.4) is 0 Å². The van der Waals surface area contributed by atoms with Gasteiger partial charge in [-0.15, -0.1) is 16.7 Å². The molecule has 0 spiro atoms. The number of hydrogen-bond acceptors (Lipinski definition) is 5. The topological polar surface area (TPSA) is 51.0 Å². The minimum atomic E-state index is 0.349. The monoisotopic (exact) mass is 249 g/mol. The predicted molar refractivity (Wildman–Crippen MR) is 64.8 cm³/mol. The van der Waals surface area contributed by atoms with Crippen LogP contribution in [0.25, 0.3) is 0 Å². The van der Waals surface area contributed by atoms with Gasteiger partial charge >= 0.3 is 6.01 Å². The lowest BCUT2D eigenvalue weighted by molar-refractivity contribution is 0.506. The van der Waals surface area contributed by atoms with Gasteiger partial charge in [0.2, 0.25) is 5.89 Å². The van der Waals surface area contributed by atoms with Gasteiger partial charge in [0.05, 0.1) is 0 Å². The van der Waals surface area contributed by atoms with Crippen molar-refractivity contribution in [2.45, 2.75) is 25.8 Å². The fourth-order valence-corrected chi connectivity index (χ4v) is 1.82. The first-order chi connectivity index (χ1) is 7.26. The molecule has 0 radical (unpaired) electrons. The van der Waals surface area contributed by atoms with Crippen LogP contribution in [0.15, 0.2) is 4.42 Å². The van der Waals surface area contributed by atoms with Crippen LogP contribution in [0.4, 0.5) is 6.01 Å². The summed E-state index contributed by atoms with van der Waals surface area (Å²) >= 11 is 7.40. The Hall–Kier alpha value is -0.420. The molecule has 4 nitrogen and oxygen atoms in total. The van der Waals surface area contributed by atoms with E-state index >= 15 is 0 Å². The highest BCUT2D eigenvalue weighted by Gasteiger charge is 2.08. The van der Waals surface area contributed by atoms with Crippen molar-refractivity contribution in [2.24, 2.45) is 0 Å². The van der Waals surface area contributed by atoms with Crippen LogP contribution in [-0.4, -0.2) is 34.1 Å². The summed E-state index contributed by atoms with van der Waals surface area (Å²) in [6.45, 7) is 2.10. The average Bonchev–Trinajstić information content (AvgIpc) is 2.63. The van der Waals surface area contributed by atoms with Gasteiger partial charge in [-0.2, -0.15) is 11.8 Å². The zero-order valence-electron chi connectivity index (χ0n) is 8.99. The van der Waals surface area contributed by atoms with Crippen molar-refractivity contribution in [1.29, 1.82) is 0 Å². The quantitative estimate of drug-likeness (QED) is 0.752. The van der Waals surface area contributed by atoms with Crippen LogP contribution in [-0.2, 0) is 6.42 Å². The summed E-state index contributed by atoms with van der Waals surface area (Å²) in [5, 5.41) is 10.9. The zero-order chi connectivity index (χ0) is 11.1. The Morgan fingerprint density at radius 2 is 2.33 bits per heavy atom. The van der Waals surface area contributed by atoms with Gasteiger partial charge in [0.1, 0.15) is 0 Å². The van der Waals surface area contributed by atoms with Gasteiger partial charge in [0.15, 0.2) is 0 Å². The van der Waals surface area contributed by atoms with E-state index in [1.165, 1.54) is 0 Å². The maximum Gasteiger partial charge on any atom is 0.315 e. The van der Waals surface area contributed by atoms with Gasteiger partial charge in [0.25, 0.3) is 0 Å². The molecular weight excluding hydrogens is 234 g/mol. The first-order valence-electron chi connectivity index (χ1n) is 4.90. The molecule has 0 aromatic carbocycles. The standard InChI is InChI=1S/C9H16ClN3OS/c1-7(4-6-15-2)11-9-13-12-8(14-9)3-5-10/h7H,3-6H2,1-2H3,(H,11,13). The number of hydrogen-bond donors (Lipinski definition) is 1. The van der Waals surface area contributed by atoms with E-state index in [2.05, 4.69) is 28.7 Å². The summed E-state index contributed by atoms with van der Waals surface area (Å²) in [6, 6.07) is 0.838. The van der Waals surface area contributed by atoms with Gasteiger partial charge in [-0.25, -0.2) is 0 Å². The summed E-state index contributed by atoms with van der Waals surface area (Å²) < 4.78 is 5.35. The van der Waals surface area contributed by atoms with Gasteiger partial charge < -0.3 is 9.73 Å². The second kappa shape index (κ2) is 6.95. The van der Waals surface area contributed by atoms with Gasteiger partial charge in [-0.1, -0.05) is 5.10 Å². The Labute approximate surface area is 99.2 Å². The van der Waals surface area contributed by atoms with Crippen molar-refractivity contribution in [1.82, 2.24) is 10.2 Å². The lowest BCUT2D eigenvalue weighted by Gasteiger charge is -2.09. The summed E-state index contributed by atoms with van der Waals surface area (Å²) in [5.74, 6) is 2.21. The van der Waals surface area contributed by atoms with Crippen molar-refractivity contribution in [2.75, 3.05) is 23.2 Å². The summed E-state index contributed by atoms with van der Waals surface area (Å²) in [6.07, 6.45) is 3.79. The Bertz CT molecular complexity index is 282.